The Morgan fingerprint density at radius 3 is 2.53 bits per heavy atom. The fourth-order valence-corrected chi connectivity index (χ4v) is 2.73. The monoisotopic (exact) mass is 437 g/mol. The first-order chi connectivity index (χ1) is 15.4. The molecule has 0 spiro atoms. The van der Waals surface area contributed by atoms with E-state index in [1.807, 2.05) is 45.0 Å². The number of amides is 1. The topological polar surface area (TPSA) is 126 Å². The summed E-state index contributed by atoms with van der Waals surface area (Å²) in [7, 11) is 0. The van der Waals surface area contributed by atoms with Crippen LogP contribution in [0.15, 0.2) is 48.9 Å². The van der Waals surface area contributed by atoms with Crippen molar-refractivity contribution in [1.82, 2.24) is 19.9 Å². The van der Waals surface area contributed by atoms with E-state index in [0.29, 0.717) is 18.0 Å². The van der Waals surface area contributed by atoms with Crippen molar-refractivity contribution < 1.29 is 15.0 Å². The van der Waals surface area contributed by atoms with Gasteiger partial charge in [0.2, 0.25) is 5.95 Å². The fourth-order valence-electron chi connectivity index (χ4n) is 2.73. The van der Waals surface area contributed by atoms with Crippen LogP contribution in [0, 0.1) is 26.7 Å². The molecule has 3 rings (SSSR count). The van der Waals surface area contributed by atoms with Crippen LogP contribution in [-0.4, -0.2) is 43.9 Å². The van der Waals surface area contributed by atoms with Crippen LogP contribution in [0.4, 0.5) is 5.95 Å². The first-order valence-electron chi connectivity index (χ1n) is 10.1. The summed E-state index contributed by atoms with van der Waals surface area (Å²) in [4.78, 5) is 20.7. The highest BCUT2D eigenvalue weighted by Gasteiger charge is 2.16. The van der Waals surface area contributed by atoms with Gasteiger partial charge in [0.05, 0.1) is 18.2 Å². The quantitative estimate of drug-likeness (QED) is 0.439. The molecule has 1 atom stereocenters. The van der Waals surface area contributed by atoms with Crippen molar-refractivity contribution in [2.24, 2.45) is 0 Å². The maximum absolute atomic E-state index is 12.6. The summed E-state index contributed by atoms with van der Waals surface area (Å²) < 4.78 is 1.73. The zero-order valence-electron chi connectivity index (χ0n) is 18.7. The second-order valence-electron chi connectivity index (χ2n) is 6.89. The number of rotatable bonds is 6. The van der Waals surface area contributed by atoms with E-state index in [-0.39, 0.29) is 18.5 Å². The smallest absolute Gasteiger partial charge is 0.253 e. The van der Waals surface area contributed by atoms with Crippen LogP contribution in [0.2, 0.25) is 0 Å². The lowest BCUT2D eigenvalue weighted by molar-refractivity contribution is 0.0916. The van der Waals surface area contributed by atoms with Crippen molar-refractivity contribution in [2.45, 2.75) is 33.2 Å². The average Bonchev–Trinajstić information content (AvgIpc) is 3.30. The predicted octanol–water partition coefficient (Wildman–Crippen LogP) is 2.57. The zero-order chi connectivity index (χ0) is 24.1. The summed E-state index contributed by atoms with van der Waals surface area (Å²) in [6.45, 7) is 5.90. The number of aliphatic hydroxyl groups is 2. The minimum Gasteiger partial charge on any atom is -0.396 e. The first-order valence-corrected chi connectivity index (χ1v) is 10.1. The van der Waals surface area contributed by atoms with Gasteiger partial charge in [-0.1, -0.05) is 36.8 Å². The number of benzene rings is 1. The van der Waals surface area contributed by atoms with Gasteiger partial charge in [0, 0.05) is 30.8 Å². The van der Waals surface area contributed by atoms with E-state index in [4.69, 9.17) is 10.8 Å². The number of aliphatic hydroxyl groups excluding tert-OH is 2. The molecule has 1 amide bonds. The molecule has 0 saturated carbocycles. The molecule has 0 bridgehead atoms. The molecule has 3 aromatic rings. The minimum absolute atomic E-state index is 0.171. The number of anilines is 1. The number of hydrogen-bond acceptors (Lipinski definition) is 6. The Hall–Kier alpha value is -3.67. The zero-order valence-corrected chi connectivity index (χ0v) is 18.7. The number of aryl methyl sites for hydroxylation is 2. The number of terminal acetylenes is 1. The Bertz CT molecular complexity index is 1010. The average molecular weight is 438 g/mol. The van der Waals surface area contributed by atoms with E-state index in [9.17, 15) is 9.90 Å². The summed E-state index contributed by atoms with van der Waals surface area (Å²) in [5.41, 5.74) is 8.89. The highest BCUT2D eigenvalue weighted by atomic mass is 16.3. The minimum atomic E-state index is -0.470. The van der Waals surface area contributed by atoms with E-state index in [2.05, 4.69) is 28.1 Å². The molecule has 32 heavy (non-hydrogen) atoms. The molecule has 0 radical (unpaired) electrons. The van der Waals surface area contributed by atoms with Crippen molar-refractivity contribution >= 4 is 11.9 Å². The normalized spacial score (nSPS) is 10.7. The molecule has 0 fully saturated rings. The lowest BCUT2D eigenvalue weighted by atomic mass is 10.0. The molecular formula is C24H31N5O3. The fraction of sp³-hybridized carbons (Fsp3) is 0.292. The van der Waals surface area contributed by atoms with Gasteiger partial charge in [0.25, 0.3) is 5.91 Å². The standard InChI is InChI=1S/C19H21N5O2.C3H8O.C2H2/c1-12-4-3-5-14(8-12)16(11-25)22-18(26)15-6-7-24(10-15)17-13(2)9-21-19(20)23-17;1-2-3-4;1-2/h3-10,16,25H,11H2,1-2H3,(H,22,26)(H2,20,21,23);4H,2-3H2,1H3;1-2H/t16-;;/m1../s1. The third-order valence-corrected chi connectivity index (χ3v) is 4.32. The van der Waals surface area contributed by atoms with Gasteiger partial charge in [-0.3, -0.25) is 4.79 Å². The maximum Gasteiger partial charge on any atom is 0.253 e. The van der Waals surface area contributed by atoms with Crippen molar-refractivity contribution in [2.75, 3.05) is 18.9 Å². The van der Waals surface area contributed by atoms with E-state index in [1.54, 1.807) is 29.2 Å². The van der Waals surface area contributed by atoms with E-state index >= 15 is 0 Å². The first kappa shape index (κ1) is 26.4. The van der Waals surface area contributed by atoms with Gasteiger partial charge in [-0.15, -0.1) is 12.8 Å². The van der Waals surface area contributed by atoms with Crippen LogP contribution in [-0.2, 0) is 0 Å². The summed E-state index contributed by atoms with van der Waals surface area (Å²) >= 11 is 0. The van der Waals surface area contributed by atoms with Crippen LogP contribution >= 0.6 is 0 Å². The SMILES string of the molecule is C#C.CCCO.Cc1cccc([C@@H](CO)NC(=O)c2ccn(-c3nc(N)ncc3C)c2)c1. The number of aromatic nitrogens is 3. The Morgan fingerprint density at radius 2 is 1.94 bits per heavy atom. The second-order valence-corrected chi connectivity index (χ2v) is 6.89. The van der Waals surface area contributed by atoms with Gasteiger partial charge in [-0.2, -0.15) is 4.98 Å². The number of hydrogen-bond donors (Lipinski definition) is 4. The van der Waals surface area contributed by atoms with Crippen LogP contribution < -0.4 is 11.1 Å². The number of carbonyl (C=O) groups excluding carboxylic acids is 1. The van der Waals surface area contributed by atoms with Gasteiger partial charge in [-0.25, -0.2) is 4.98 Å². The van der Waals surface area contributed by atoms with E-state index < -0.39 is 6.04 Å². The largest absolute Gasteiger partial charge is 0.396 e. The molecule has 8 nitrogen and oxygen atoms in total. The summed E-state index contributed by atoms with van der Waals surface area (Å²) in [6, 6.07) is 8.92. The van der Waals surface area contributed by atoms with Crippen LogP contribution in [0.1, 0.15) is 46.4 Å². The van der Waals surface area contributed by atoms with E-state index in [1.165, 1.54) is 0 Å². The highest BCUT2D eigenvalue weighted by molar-refractivity contribution is 5.94. The molecule has 0 aliphatic carbocycles. The Morgan fingerprint density at radius 1 is 1.25 bits per heavy atom. The molecule has 5 N–H and O–H groups in total. The van der Waals surface area contributed by atoms with Crippen LogP contribution in [0.5, 0.6) is 0 Å². The molecule has 170 valence electrons. The van der Waals surface area contributed by atoms with Crippen molar-refractivity contribution in [3.63, 3.8) is 0 Å². The third-order valence-electron chi connectivity index (χ3n) is 4.32. The lowest BCUT2D eigenvalue weighted by Gasteiger charge is -2.17. The van der Waals surface area contributed by atoms with Crippen molar-refractivity contribution in [1.29, 1.82) is 0 Å². The summed E-state index contributed by atoms with van der Waals surface area (Å²) in [6.07, 6.45) is 13.9. The number of carbonyl (C=O) groups is 1. The van der Waals surface area contributed by atoms with Crippen LogP contribution in [0.25, 0.3) is 5.82 Å². The number of nitrogens with zero attached hydrogens (tertiary/aromatic N) is 3. The molecule has 0 unspecified atom stereocenters. The molecule has 0 aliphatic heterocycles. The molecule has 2 aromatic heterocycles. The molecule has 8 heteroatoms. The van der Waals surface area contributed by atoms with Gasteiger partial charge >= 0.3 is 0 Å². The second kappa shape index (κ2) is 13.6. The van der Waals surface area contributed by atoms with Gasteiger partial charge in [0.15, 0.2) is 0 Å². The number of nitrogens with two attached hydrogens (primary N) is 1. The molecule has 2 heterocycles. The Labute approximate surface area is 189 Å². The Balaban J connectivity index is 0.000000769. The summed E-state index contributed by atoms with van der Waals surface area (Å²) in [5.74, 6) is 0.517. The third kappa shape index (κ3) is 7.54. The Kier molecular flexibility index (Phi) is 11.2. The molecule has 0 aliphatic rings. The lowest BCUT2D eigenvalue weighted by Crippen LogP contribution is -2.30. The maximum atomic E-state index is 12.6. The molecule has 1 aromatic carbocycles. The highest BCUT2D eigenvalue weighted by Crippen LogP contribution is 2.17. The van der Waals surface area contributed by atoms with Crippen molar-refractivity contribution in [3.05, 3.63) is 71.2 Å². The summed E-state index contributed by atoms with van der Waals surface area (Å²) in [5, 5.41) is 20.4. The van der Waals surface area contributed by atoms with Gasteiger partial charge < -0.3 is 25.8 Å². The van der Waals surface area contributed by atoms with E-state index in [0.717, 1.165) is 23.1 Å². The number of nitrogen functional groups attached to an aromatic ring is 1. The van der Waals surface area contributed by atoms with Gasteiger partial charge in [-0.05, 0) is 31.9 Å². The van der Waals surface area contributed by atoms with Crippen LogP contribution in [0.3, 0.4) is 0 Å². The predicted molar refractivity (Wildman–Crippen MR) is 126 cm³/mol. The van der Waals surface area contributed by atoms with Gasteiger partial charge in [0.1, 0.15) is 5.82 Å². The molecule has 0 saturated heterocycles. The number of nitrogens with one attached hydrogen (secondary N) is 1. The molecular weight excluding hydrogens is 406 g/mol. The van der Waals surface area contributed by atoms with Crippen molar-refractivity contribution in [3.8, 4) is 18.7 Å².